The molecule has 0 spiro atoms. The van der Waals surface area contributed by atoms with Gasteiger partial charge in [-0.15, -0.1) is 0 Å². The Morgan fingerprint density at radius 2 is 0.868 bits per heavy atom. The minimum absolute atomic E-state index is 0.705. The molecule has 5 aliphatic rings. The summed E-state index contributed by atoms with van der Waals surface area (Å²) in [5, 5.41) is 0. The lowest BCUT2D eigenvalue weighted by Crippen LogP contribution is -1.99. The van der Waals surface area contributed by atoms with E-state index in [-0.39, 0.29) is 0 Å². The molecule has 5 heterocycles. The van der Waals surface area contributed by atoms with E-state index in [1.165, 1.54) is 0 Å². The summed E-state index contributed by atoms with van der Waals surface area (Å²) in [7, 11) is 0. The third-order valence-electron chi connectivity index (χ3n) is 6.61. The van der Waals surface area contributed by atoms with Crippen molar-refractivity contribution in [3.8, 4) is 0 Å². The number of nitrogen functional groups attached to an aromatic ring is 2. The Balaban J connectivity index is 1.49. The van der Waals surface area contributed by atoms with Crippen LogP contribution in [0.2, 0.25) is 0 Å². The van der Waals surface area contributed by atoms with Gasteiger partial charge < -0.3 is 11.5 Å². The second kappa shape index (κ2) is 8.64. The Hall–Kier alpha value is -5.36. The van der Waals surface area contributed by atoms with Gasteiger partial charge in [-0.3, -0.25) is 0 Å². The zero-order chi connectivity index (χ0) is 25.6. The molecular weight excluding hydrogens is 468 g/mol. The molecule has 7 rings (SSSR count). The smallest absolute Gasteiger partial charge is 0.0744 e. The summed E-state index contributed by atoms with van der Waals surface area (Å²) in [5.74, 6) is 0. The second-order valence-corrected chi connectivity index (χ2v) is 9.34. The molecule has 5 aliphatic heterocycles. The van der Waals surface area contributed by atoms with Crippen molar-refractivity contribution in [2.24, 2.45) is 20.0 Å². The van der Waals surface area contributed by atoms with Crippen LogP contribution in [0.15, 0.2) is 152 Å². The maximum atomic E-state index is 6.03. The predicted octanol–water partition coefficient (Wildman–Crippen LogP) is 5.80. The molecule has 2 aromatic rings. The molecule has 0 amide bonds. The van der Waals surface area contributed by atoms with Crippen LogP contribution >= 0.6 is 0 Å². The summed E-state index contributed by atoms with van der Waals surface area (Å²) >= 11 is 0. The van der Waals surface area contributed by atoms with E-state index in [0.29, 0.717) is 11.4 Å². The minimum atomic E-state index is 0.705. The Morgan fingerprint density at radius 3 is 1.39 bits per heavy atom. The summed E-state index contributed by atoms with van der Waals surface area (Å²) in [6.07, 6.45) is 19.9. The number of hydrogen-bond donors (Lipinski definition) is 2. The van der Waals surface area contributed by atoms with Crippen LogP contribution in [-0.4, -0.2) is 22.8 Å². The summed E-state index contributed by atoms with van der Waals surface area (Å²) in [5.41, 5.74) is 24.2. The van der Waals surface area contributed by atoms with Crippen LogP contribution in [0.5, 0.6) is 0 Å². The monoisotopic (exact) mass is 490 g/mol. The van der Waals surface area contributed by atoms with Crippen LogP contribution in [0, 0.1) is 0 Å². The van der Waals surface area contributed by atoms with Gasteiger partial charge >= 0.3 is 0 Å². The lowest BCUT2D eigenvalue weighted by atomic mass is 9.91. The number of aliphatic imine (C=N–C) groups is 4. The van der Waals surface area contributed by atoms with E-state index >= 15 is 0 Å². The SMILES string of the molecule is Nc1ccc(C2=C(c3ccc(N)cc3)C3=NC2=CC2=NC(=CC4=NC(=CC5=NC(=C3)C=C5)C=C4)C=C2)cc1. The van der Waals surface area contributed by atoms with E-state index in [2.05, 4.69) is 0 Å². The van der Waals surface area contributed by atoms with Crippen LogP contribution in [0.25, 0.3) is 11.1 Å². The number of allylic oxidation sites excluding steroid dienone is 12. The molecule has 0 aliphatic carbocycles. The van der Waals surface area contributed by atoms with Gasteiger partial charge in [-0.05, 0) is 96.2 Å². The molecule has 0 saturated heterocycles. The number of benzene rings is 2. The van der Waals surface area contributed by atoms with Crippen molar-refractivity contribution in [2.75, 3.05) is 11.5 Å². The fraction of sp³-hybridized carbons (Fsp3) is 0. The molecular formula is C32H22N6. The van der Waals surface area contributed by atoms with Crippen molar-refractivity contribution >= 4 is 45.4 Å². The Bertz CT molecular complexity index is 1770. The fourth-order valence-corrected chi connectivity index (χ4v) is 4.84. The van der Waals surface area contributed by atoms with Crippen LogP contribution in [-0.2, 0) is 0 Å². The largest absolute Gasteiger partial charge is 0.399 e. The molecule has 2 aromatic carbocycles. The number of nitrogens with zero attached hydrogens (tertiary/aromatic N) is 4. The minimum Gasteiger partial charge on any atom is -0.399 e. The van der Waals surface area contributed by atoms with E-state index in [1.54, 1.807) is 0 Å². The van der Waals surface area contributed by atoms with E-state index < -0.39 is 0 Å². The highest BCUT2D eigenvalue weighted by molar-refractivity contribution is 6.40. The molecule has 0 unspecified atom stereocenters. The molecule has 0 radical (unpaired) electrons. The molecule has 6 nitrogen and oxygen atoms in total. The van der Waals surface area contributed by atoms with Gasteiger partial charge in [0.1, 0.15) is 0 Å². The third kappa shape index (κ3) is 4.04. The van der Waals surface area contributed by atoms with E-state index in [9.17, 15) is 0 Å². The molecule has 0 aromatic heterocycles. The van der Waals surface area contributed by atoms with Gasteiger partial charge in [0.05, 0.1) is 45.6 Å². The number of hydrogen-bond acceptors (Lipinski definition) is 6. The second-order valence-electron chi connectivity index (χ2n) is 9.34. The first kappa shape index (κ1) is 21.9. The molecule has 180 valence electrons. The van der Waals surface area contributed by atoms with Crippen LogP contribution < -0.4 is 11.5 Å². The summed E-state index contributed by atoms with van der Waals surface area (Å²) in [6.45, 7) is 0. The van der Waals surface area contributed by atoms with Crippen molar-refractivity contribution in [1.82, 2.24) is 0 Å². The average Bonchev–Trinajstić information content (AvgIpc) is 3.70. The normalized spacial score (nSPS) is 19.1. The molecule has 0 saturated carbocycles. The summed E-state index contributed by atoms with van der Waals surface area (Å²) in [6, 6.07) is 15.8. The van der Waals surface area contributed by atoms with E-state index in [4.69, 9.17) is 31.4 Å². The van der Waals surface area contributed by atoms with E-state index in [1.807, 2.05) is 109 Å². The Morgan fingerprint density at radius 1 is 0.421 bits per heavy atom. The first-order chi connectivity index (χ1) is 18.6. The lowest BCUT2D eigenvalue weighted by molar-refractivity contribution is 1.41. The average molecular weight is 491 g/mol. The number of nitrogens with two attached hydrogens (primary N) is 2. The number of rotatable bonds is 2. The Kier molecular flexibility index (Phi) is 4.97. The molecule has 0 atom stereocenters. The third-order valence-corrected chi connectivity index (χ3v) is 6.61. The molecule has 8 bridgehead atoms. The maximum Gasteiger partial charge on any atom is 0.0744 e. The fourth-order valence-electron chi connectivity index (χ4n) is 4.84. The van der Waals surface area contributed by atoms with Gasteiger partial charge in [-0.1, -0.05) is 24.3 Å². The van der Waals surface area contributed by atoms with Crippen molar-refractivity contribution in [3.63, 3.8) is 0 Å². The van der Waals surface area contributed by atoms with Gasteiger partial charge in [-0.2, -0.15) is 0 Å². The van der Waals surface area contributed by atoms with Crippen LogP contribution in [0.1, 0.15) is 11.1 Å². The first-order valence-corrected chi connectivity index (χ1v) is 12.3. The molecule has 4 N–H and O–H groups in total. The van der Waals surface area contributed by atoms with Crippen molar-refractivity contribution in [3.05, 3.63) is 143 Å². The lowest BCUT2D eigenvalue weighted by Gasteiger charge is -2.11. The maximum absolute atomic E-state index is 6.03. The number of fused-ring (bicyclic) bond motifs is 4. The van der Waals surface area contributed by atoms with E-state index in [0.717, 1.165) is 67.9 Å². The topological polar surface area (TPSA) is 101 Å². The van der Waals surface area contributed by atoms with Gasteiger partial charge in [0, 0.05) is 22.5 Å². The zero-order valence-corrected chi connectivity index (χ0v) is 20.3. The molecule has 6 heteroatoms. The quantitative estimate of drug-likeness (QED) is 0.520. The first-order valence-electron chi connectivity index (χ1n) is 12.3. The van der Waals surface area contributed by atoms with Crippen molar-refractivity contribution < 1.29 is 0 Å². The van der Waals surface area contributed by atoms with Crippen molar-refractivity contribution in [1.29, 1.82) is 0 Å². The van der Waals surface area contributed by atoms with Crippen molar-refractivity contribution in [2.45, 2.75) is 0 Å². The zero-order valence-electron chi connectivity index (χ0n) is 20.3. The summed E-state index contributed by atoms with van der Waals surface area (Å²) < 4.78 is 0. The standard InChI is InChI=1S/C32H22N6/c33-21-5-1-19(2-6-21)31-29-17-27-13-11-25(36-27)15-23-9-10-24(35-23)16-26-12-14-28(37-26)18-30(38-29)32(31)20-3-7-22(34)8-4-20/h1-18H,33-34H2. The predicted molar refractivity (Wildman–Crippen MR) is 158 cm³/mol. The van der Waals surface area contributed by atoms with Gasteiger partial charge in [0.15, 0.2) is 0 Å². The van der Waals surface area contributed by atoms with Gasteiger partial charge in [-0.25, -0.2) is 20.0 Å². The van der Waals surface area contributed by atoms with Crippen LogP contribution in [0.3, 0.4) is 0 Å². The number of anilines is 2. The molecule has 38 heavy (non-hydrogen) atoms. The van der Waals surface area contributed by atoms with Crippen LogP contribution in [0.4, 0.5) is 11.4 Å². The molecule has 0 fully saturated rings. The van der Waals surface area contributed by atoms with Gasteiger partial charge in [0.2, 0.25) is 0 Å². The highest BCUT2D eigenvalue weighted by atomic mass is 14.8. The highest BCUT2D eigenvalue weighted by Gasteiger charge is 2.26. The van der Waals surface area contributed by atoms with Gasteiger partial charge in [0.25, 0.3) is 0 Å². The summed E-state index contributed by atoms with van der Waals surface area (Å²) in [4.78, 5) is 19.5. The highest BCUT2D eigenvalue weighted by Crippen LogP contribution is 2.41. The Labute approximate surface area is 220 Å².